The van der Waals surface area contributed by atoms with E-state index in [2.05, 4.69) is 15.5 Å². The monoisotopic (exact) mass is 374 g/mol. The third-order valence-corrected chi connectivity index (χ3v) is 5.83. The van der Waals surface area contributed by atoms with Crippen molar-refractivity contribution >= 4 is 23.4 Å². The van der Waals surface area contributed by atoms with Gasteiger partial charge in [0.25, 0.3) is 0 Å². The van der Waals surface area contributed by atoms with E-state index in [0.717, 1.165) is 34.8 Å². The largest absolute Gasteiger partial charge is 0.497 e. The van der Waals surface area contributed by atoms with Gasteiger partial charge in [-0.25, -0.2) is 0 Å². The molecule has 0 saturated heterocycles. The van der Waals surface area contributed by atoms with E-state index >= 15 is 0 Å². The van der Waals surface area contributed by atoms with Crippen LogP contribution in [-0.4, -0.2) is 33.5 Å². The molecule has 1 aromatic carbocycles. The fraction of sp³-hybridized carbons (Fsp3) is 0.526. The highest BCUT2D eigenvalue weighted by Gasteiger charge is 2.18. The first-order chi connectivity index (χ1) is 12.7. The van der Waals surface area contributed by atoms with Crippen molar-refractivity contribution in [1.82, 2.24) is 14.8 Å². The minimum absolute atomic E-state index is 0.0694. The maximum absolute atomic E-state index is 12.2. The fourth-order valence-corrected chi connectivity index (χ4v) is 4.06. The fourth-order valence-electron chi connectivity index (χ4n) is 3.33. The molecule has 1 aliphatic carbocycles. The number of nitrogens with one attached hydrogen (secondary N) is 1. The summed E-state index contributed by atoms with van der Waals surface area (Å²) in [4.78, 5) is 12.2. The number of hydrogen-bond donors (Lipinski definition) is 1. The molecular formula is C19H26N4O2S. The molecule has 1 saturated carbocycles. The number of amides is 1. The molecule has 1 N–H and O–H groups in total. The minimum atomic E-state index is -0.0694. The third-order valence-electron chi connectivity index (χ3n) is 4.81. The lowest BCUT2D eigenvalue weighted by Gasteiger charge is -2.20. The number of hydrogen-bond acceptors (Lipinski definition) is 5. The molecule has 0 spiro atoms. The molecule has 0 bridgehead atoms. The third kappa shape index (κ3) is 5.00. The van der Waals surface area contributed by atoms with Crippen LogP contribution in [0.4, 0.5) is 5.69 Å². The molecule has 7 heteroatoms. The number of carbonyl (C=O) groups is 1. The van der Waals surface area contributed by atoms with Crippen LogP contribution in [0.15, 0.2) is 29.4 Å². The van der Waals surface area contributed by atoms with Crippen molar-refractivity contribution in [2.75, 3.05) is 18.2 Å². The number of rotatable bonds is 7. The van der Waals surface area contributed by atoms with Crippen LogP contribution in [0.5, 0.6) is 5.75 Å². The Labute approximate surface area is 158 Å². The van der Waals surface area contributed by atoms with E-state index in [1.165, 1.54) is 43.9 Å². The molecule has 1 aromatic heterocycles. The average Bonchev–Trinajstić information content (AvgIpc) is 3.01. The Bertz CT molecular complexity index is 741. The molecule has 1 amide bonds. The maximum atomic E-state index is 12.2. The summed E-state index contributed by atoms with van der Waals surface area (Å²) in [5.41, 5.74) is 0.728. The van der Waals surface area contributed by atoms with Gasteiger partial charge in [-0.15, -0.1) is 10.2 Å². The molecule has 1 heterocycles. The van der Waals surface area contributed by atoms with Crippen LogP contribution in [-0.2, 0) is 18.3 Å². The molecular weight excluding hydrogens is 348 g/mol. The van der Waals surface area contributed by atoms with E-state index in [9.17, 15) is 4.79 Å². The van der Waals surface area contributed by atoms with Gasteiger partial charge in [0.2, 0.25) is 5.91 Å². The Hall–Kier alpha value is -2.02. The second kappa shape index (κ2) is 9.07. The topological polar surface area (TPSA) is 69.0 Å². The van der Waals surface area contributed by atoms with Gasteiger partial charge >= 0.3 is 0 Å². The predicted octanol–water partition coefficient (Wildman–Crippen LogP) is 3.68. The first-order valence-electron chi connectivity index (χ1n) is 9.10. The summed E-state index contributed by atoms with van der Waals surface area (Å²) in [6.45, 7) is 0. The number of aromatic nitrogens is 3. The van der Waals surface area contributed by atoms with Crippen molar-refractivity contribution in [3.8, 4) is 5.75 Å². The van der Waals surface area contributed by atoms with Gasteiger partial charge in [-0.1, -0.05) is 49.9 Å². The number of nitrogens with zero attached hydrogens (tertiary/aromatic N) is 3. The van der Waals surface area contributed by atoms with E-state index < -0.39 is 0 Å². The van der Waals surface area contributed by atoms with E-state index in [-0.39, 0.29) is 5.91 Å². The molecule has 2 aromatic rings. The summed E-state index contributed by atoms with van der Waals surface area (Å²) in [6, 6.07) is 7.34. The molecule has 0 aliphatic heterocycles. The SMILES string of the molecule is COc1cccc(NC(=O)CSc2nnc(CC3CCCCC3)n2C)c1. The summed E-state index contributed by atoms with van der Waals surface area (Å²) >= 11 is 1.41. The zero-order chi connectivity index (χ0) is 18.4. The molecule has 1 fully saturated rings. The molecule has 26 heavy (non-hydrogen) atoms. The smallest absolute Gasteiger partial charge is 0.234 e. The van der Waals surface area contributed by atoms with Crippen molar-refractivity contribution in [1.29, 1.82) is 0 Å². The summed E-state index contributed by atoms with van der Waals surface area (Å²) in [7, 11) is 3.59. The van der Waals surface area contributed by atoms with Crippen LogP contribution in [0.25, 0.3) is 0 Å². The van der Waals surface area contributed by atoms with Crippen molar-refractivity contribution in [2.24, 2.45) is 13.0 Å². The maximum Gasteiger partial charge on any atom is 0.234 e. The summed E-state index contributed by atoms with van der Waals surface area (Å²) in [6.07, 6.45) is 7.58. The highest BCUT2D eigenvalue weighted by molar-refractivity contribution is 7.99. The highest BCUT2D eigenvalue weighted by atomic mass is 32.2. The van der Waals surface area contributed by atoms with Gasteiger partial charge in [0.15, 0.2) is 5.16 Å². The lowest BCUT2D eigenvalue weighted by molar-refractivity contribution is -0.113. The van der Waals surface area contributed by atoms with Gasteiger partial charge in [-0.3, -0.25) is 4.79 Å². The summed E-state index contributed by atoms with van der Waals surface area (Å²) < 4.78 is 7.19. The van der Waals surface area contributed by atoms with Gasteiger partial charge in [0.05, 0.1) is 12.9 Å². The van der Waals surface area contributed by atoms with E-state index in [0.29, 0.717) is 5.75 Å². The molecule has 0 radical (unpaired) electrons. The Kier molecular flexibility index (Phi) is 6.55. The van der Waals surface area contributed by atoms with Crippen LogP contribution in [0.2, 0.25) is 0 Å². The second-order valence-corrected chi connectivity index (χ2v) is 7.68. The standard InChI is InChI=1S/C19H26N4O2S/c1-23-17(11-14-7-4-3-5-8-14)21-22-19(23)26-13-18(24)20-15-9-6-10-16(12-15)25-2/h6,9-10,12,14H,3-5,7-8,11,13H2,1-2H3,(H,20,24). The van der Waals surface area contributed by atoms with Crippen LogP contribution in [0.3, 0.4) is 0 Å². The Balaban J connectivity index is 1.51. The van der Waals surface area contributed by atoms with Gasteiger partial charge < -0.3 is 14.6 Å². The molecule has 3 rings (SSSR count). The normalized spacial score (nSPS) is 15.0. The van der Waals surface area contributed by atoms with E-state index in [1.54, 1.807) is 13.2 Å². The van der Waals surface area contributed by atoms with Gasteiger partial charge in [-0.05, 0) is 18.1 Å². The number of thioether (sulfide) groups is 1. The van der Waals surface area contributed by atoms with E-state index in [1.807, 2.05) is 29.8 Å². The van der Waals surface area contributed by atoms with Gasteiger partial charge in [-0.2, -0.15) is 0 Å². The van der Waals surface area contributed by atoms with Crippen molar-refractivity contribution in [2.45, 2.75) is 43.7 Å². The van der Waals surface area contributed by atoms with Crippen molar-refractivity contribution in [3.63, 3.8) is 0 Å². The van der Waals surface area contributed by atoms with E-state index in [4.69, 9.17) is 4.74 Å². The second-order valence-electron chi connectivity index (χ2n) is 6.73. The van der Waals surface area contributed by atoms with Crippen LogP contribution >= 0.6 is 11.8 Å². The summed E-state index contributed by atoms with van der Waals surface area (Å²) in [5, 5.41) is 12.3. The highest BCUT2D eigenvalue weighted by Crippen LogP contribution is 2.27. The number of ether oxygens (including phenoxy) is 1. The zero-order valence-corrected chi connectivity index (χ0v) is 16.2. The number of carbonyl (C=O) groups excluding carboxylic acids is 1. The zero-order valence-electron chi connectivity index (χ0n) is 15.4. The number of methoxy groups -OCH3 is 1. The molecule has 6 nitrogen and oxygen atoms in total. The Morgan fingerprint density at radius 1 is 1.31 bits per heavy atom. The minimum Gasteiger partial charge on any atom is -0.497 e. The quantitative estimate of drug-likeness (QED) is 0.749. The predicted molar refractivity (Wildman–Crippen MR) is 104 cm³/mol. The van der Waals surface area contributed by atoms with Gasteiger partial charge in [0, 0.05) is 25.2 Å². The van der Waals surface area contributed by atoms with Crippen molar-refractivity contribution < 1.29 is 9.53 Å². The Morgan fingerprint density at radius 3 is 2.88 bits per heavy atom. The number of anilines is 1. The lowest BCUT2D eigenvalue weighted by atomic mass is 9.87. The average molecular weight is 375 g/mol. The molecule has 0 unspecified atom stereocenters. The van der Waals surface area contributed by atoms with Crippen LogP contribution < -0.4 is 10.1 Å². The first kappa shape index (κ1) is 18.8. The summed E-state index contributed by atoms with van der Waals surface area (Å²) in [5.74, 6) is 2.69. The molecule has 0 atom stereocenters. The molecule has 140 valence electrons. The van der Waals surface area contributed by atoms with Crippen LogP contribution in [0.1, 0.15) is 37.9 Å². The van der Waals surface area contributed by atoms with Crippen molar-refractivity contribution in [3.05, 3.63) is 30.1 Å². The van der Waals surface area contributed by atoms with Gasteiger partial charge in [0.1, 0.15) is 11.6 Å². The molecule has 1 aliphatic rings. The number of benzene rings is 1. The first-order valence-corrected chi connectivity index (χ1v) is 10.1. The van der Waals surface area contributed by atoms with Crippen LogP contribution in [0, 0.1) is 5.92 Å². The Morgan fingerprint density at radius 2 is 2.12 bits per heavy atom. The lowest BCUT2D eigenvalue weighted by Crippen LogP contribution is -2.15.